The van der Waals surface area contributed by atoms with Crippen molar-refractivity contribution in [1.29, 1.82) is 5.26 Å². The molecule has 2 aromatic rings. The molecule has 2 heterocycles. The monoisotopic (exact) mass is 492 g/mol. The van der Waals surface area contributed by atoms with Crippen LogP contribution in [-0.2, 0) is 19.8 Å². The minimum absolute atomic E-state index is 0.0847. The first-order chi connectivity index (χ1) is 16.8. The first kappa shape index (κ1) is 24.8. The number of halogens is 3. The molecule has 186 valence electrons. The van der Waals surface area contributed by atoms with Crippen LogP contribution in [0.15, 0.2) is 42.5 Å². The summed E-state index contributed by atoms with van der Waals surface area (Å²) in [6.07, 6.45) is -4.66. The Labute approximate surface area is 199 Å². The third kappa shape index (κ3) is 5.35. The Hall–Kier alpha value is -3.33. The number of hydrogen-bond acceptors (Lipinski definition) is 7. The van der Waals surface area contributed by atoms with Gasteiger partial charge in [0.05, 0.1) is 31.9 Å². The van der Waals surface area contributed by atoms with E-state index in [1.807, 2.05) is 6.07 Å². The highest BCUT2D eigenvalue weighted by Crippen LogP contribution is 2.43. The van der Waals surface area contributed by atoms with Gasteiger partial charge in [-0.15, -0.1) is 13.2 Å². The number of carbonyl (C=O) groups is 1. The molecule has 2 saturated heterocycles. The van der Waals surface area contributed by atoms with Gasteiger partial charge in [-0.3, -0.25) is 9.53 Å². The average Bonchev–Trinajstić information content (AvgIpc) is 3.30. The van der Waals surface area contributed by atoms with Crippen molar-refractivity contribution in [3.63, 3.8) is 0 Å². The summed E-state index contributed by atoms with van der Waals surface area (Å²) in [5.41, 5.74) is 0.948. The van der Waals surface area contributed by atoms with Crippen molar-refractivity contribution in [3.8, 4) is 17.6 Å². The predicted octanol–water partition coefficient (Wildman–Crippen LogP) is 3.60. The second-order valence-corrected chi connectivity index (χ2v) is 8.01. The molecule has 0 aliphatic carbocycles. The maximum absolute atomic E-state index is 13.2. The maximum atomic E-state index is 13.2. The summed E-state index contributed by atoms with van der Waals surface area (Å²) in [7, 11) is 1.37. The van der Waals surface area contributed by atoms with Crippen LogP contribution in [0.3, 0.4) is 0 Å². The summed E-state index contributed by atoms with van der Waals surface area (Å²) in [6, 6.07) is 13.8. The van der Waals surface area contributed by atoms with Crippen LogP contribution in [0.25, 0.3) is 0 Å². The second-order valence-electron chi connectivity index (χ2n) is 8.01. The van der Waals surface area contributed by atoms with Crippen molar-refractivity contribution in [2.24, 2.45) is 0 Å². The number of ether oxygens (including phenoxy) is 5. The fourth-order valence-electron chi connectivity index (χ4n) is 4.34. The molecule has 2 aliphatic heterocycles. The second kappa shape index (κ2) is 10.1. The number of hydrogen-bond donors (Lipinski definition) is 0. The van der Waals surface area contributed by atoms with Gasteiger partial charge in [-0.1, -0.05) is 12.1 Å². The number of methoxy groups -OCH3 is 1. The Kier molecular flexibility index (Phi) is 7.16. The smallest absolute Gasteiger partial charge is 0.493 e. The van der Waals surface area contributed by atoms with Crippen molar-refractivity contribution < 1.29 is 41.7 Å². The zero-order chi connectivity index (χ0) is 25.1. The molecule has 0 bridgehead atoms. The lowest BCUT2D eigenvalue weighted by Crippen LogP contribution is -2.53. The molecule has 2 unspecified atom stereocenters. The normalized spacial score (nSPS) is 21.8. The van der Waals surface area contributed by atoms with Crippen LogP contribution in [0.1, 0.15) is 27.9 Å². The van der Waals surface area contributed by atoms with Crippen LogP contribution in [-0.4, -0.2) is 63.5 Å². The minimum Gasteiger partial charge on any atom is -0.493 e. The SMILES string of the molecule is COc1cc(C(=O)N2CCC3(c4cccc(C#N)c4)OCOC3C2)ccc1OCCOC(F)(F)F. The van der Waals surface area contributed by atoms with E-state index in [9.17, 15) is 23.2 Å². The predicted molar refractivity (Wildman–Crippen MR) is 115 cm³/mol. The Morgan fingerprint density at radius 1 is 1.23 bits per heavy atom. The third-order valence-corrected chi connectivity index (χ3v) is 6.03. The van der Waals surface area contributed by atoms with Crippen molar-refractivity contribution in [1.82, 2.24) is 4.90 Å². The van der Waals surface area contributed by atoms with E-state index in [1.165, 1.54) is 25.3 Å². The van der Waals surface area contributed by atoms with E-state index in [1.54, 1.807) is 23.1 Å². The van der Waals surface area contributed by atoms with E-state index in [0.29, 0.717) is 24.1 Å². The molecule has 0 spiro atoms. The van der Waals surface area contributed by atoms with E-state index >= 15 is 0 Å². The van der Waals surface area contributed by atoms with E-state index in [0.717, 1.165) is 5.56 Å². The standard InChI is InChI=1S/C24H23F3N2O6/c1-31-20-12-17(5-6-19(20)32-9-10-34-24(25,26)27)22(30)29-8-7-23(21(14-29)33-15-35-23)18-4-2-3-16(11-18)13-28/h2-6,11-12,21H,7-10,14-15H2,1H3. The lowest BCUT2D eigenvalue weighted by molar-refractivity contribution is -0.325. The molecule has 2 aromatic carbocycles. The zero-order valence-electron chi connectivity index (χ0n) is 18.8. The highest BCUT2D eigenvalue weighted by molar-refractivity contribution is 5.95. The van der Waals surface area contributed by atoms with Gasteiger partial charge in [-0.25, -0.2) is 0 Å². The first-order valence-electron chi connectivity index (χ1n) is 10.8. The number of carbonyl (C=O) groups excluding carboxylic acids is 1. The molecule has 0 N–H and O–H groups in total. The third-order valence-electron chi connectivity index (χ3n) is 6.03. The fraction of sp³-hybridized carbons (Fsp3) is 0.417. The largest absolute Gasteiger partial charge is 0.522 e. The Morgan fingerprint density at radius 2 is 2.06 bits per heavy atom. The molecule has 35 heavy (non-hydrogen) atoms. The highest BCUT2D eigenvalue weighted by atomic mass is 19.4. The molecule has 0 saturated carbocycles. The molecule has 2 atom stereocenters. The van der Waals surface area contributed by atoms with E-state index in [2.05, 4.69) is 10.8 Å². The Morgan fingerprint density at radius 3 is 2.80 bits per heavy atom. The number of nitriles is 1. The highest BCUT2D eigenvalue weighted by Gasteiger charge is 2.51. The Bertz CT molecular complexity index is 1120. The summed E-state index contributed by atoms with van der Waals surface area (Å²) in [4.78, 5) is 14.9. The molecular formula is C24H23F3N2O6. The number of likely N-dealkylation sites (tertiary alicyclic amines) is 1. The van der Waals surface area contributed by atoms with Gasteiger partial charge < -0.3 is 23.8 Å². The number of piperidine rings is 1. The van der Waals surface area contributed by atoms with Crippen LogP contribution in [0, 0.1) is 11.3 Å². The van der Waals surface area contributed by atoms with Crippen LogP contribution in [0.4, 0.5) is 13.2 Å². The molecule has 0 aromatic heterocycles. The van der Waals surface area contributed by atoms with Crippen LogP contribution in [0.5, 0.6) is 11.5 Å². The minimum atomic E-state index is -4.73. The van der Waals surface area contributed by atoms with Crippen molar-refractivity contribution in [2.45, 2.75) is 24.5 Å². The molecular weight excluding hydrogens is 469 g/mol. The summed E-state index contributed by atoms with van der Waals surface area (Å²) in [6.45, 7) is -0.260. The average molecular weight is 492 g/mol. The number of benzene rings is 2. The van der Waals surface area contributed by atoms with Crippen LogP contribution in [0.2, 0.25) is 0 Å². The van der Waals surface area contributed by atoms with Gasteiger partial charge in [0.15, 0.2) is 11.5 Å². The quantitative estimate of drug-likeness (QED) is 0.546. The van der Waals surface area contributed by atoms with Crippen LogP contribution < -0.4 is 9.47 Å². The van der Waals surface area contributed by atoms with E-state index in [4.69, 9.17) is 18.9 Å². The lowest BCUT2D eigenvalue weighted by Gasteiger charge is -2.42. The van der Waals surface area contributed by atoms with Crippen molar-refractivity contribution in [2.75, 3.05) is 40.2 Å². The maximum Gasteiger partial charge on any atom is 0.522 e. The molecule has 4 rings (SSSR count). The van der Waals surface area contributed by atoms with Gasteiger partial charge in [-0.2, -0.15) is 5.26 Å². The molecule has 8 nitrogen and oxygen atoms in total. The van der Waals surface area contributed by atoms with Crippen LogP contribution >= 0.6 is 0 Å². The fourth-order valence-corrected chi connectivity index (χ4v) is 4.34. The van der Waals surface area contributed by atoms with E-state index in [-0.39, 0.29) is 37.4 Å². The van der Waals surface area contributed by atoms with Gasteiger partial charge in [0.1, 0.15) is 25.1 Å². The number of amides is 1. The summed E-state index contributed by atoms with van der Waals surface area (Å²) in [5.74, 6) is 0.144. The van der Waals surface area contributed by atoms with Crippen molar-refractivity contribution in [3.05, 3.63) is 59.2 Å². The summed E-state index contributed by atoms with van der Waals surface area (Å²) >= 11 is 0. The summed E-state index contributed by atoms with van der Waals surface area (Å²) in [5, 5.41) is 9.25. The molecule has 0 radical (unpaired) electrons. The van der Waals surface area contributed by atoms with Gasteiger partial charge in [-0.05, 0) is 35.9 Å². The van der Waals surface area contributed by atoms with Gasteiger partial charge in [0.2, 0.25) is 0 Å². The topological polar surface area (TPSA) is 90.3 Å². The number of fused-ring (bicyclic) bond motifs is 1. The van der Waals surface area contributed by atoms with Gasteiger partial charge in [0, 0.05) is 18.5 Å². The van der Waals surface area contributed by atoms with Gasteiger partial charge in [0.25, 0.3) is 5.91 Å². The van der Waals surface area contributed by atoms with E-state index < -0.39 is 24.7 Å². The number of alkyl halides is 3. The number of rotatable bonds is 7. The molecule has 2 fully saturated rings. The van der Waals surface area contributed by atoms with Gasteiger partial charge >= 0.3 is 6.36 Å². The first-order valence-corrected chi connectivity index (χ1v) is 10.8. The molecule has 1 amide bonds. The number of nitrogens with zero attached hydrogens (tertiary/aromatic N) is 2. The summed E-state index contributed by atoms with van der Waals surface area (Å²) < 4.78 is 62.4. The zero-order valence-corrected chi connectivity index (χ0v) is 18.8. The Balaban J connectivity index is 1.44. The van der Waals surface area contributed by atoms with Crippen molar-refractivity contribution >= 4 is 5.91 Å². The lowest BCUT2D eigenvalue weighted by atomic mass is 9.81. The molecule has 2 aliphatic rings. The molecule has 11 heteroatoms.